The highest BCUT2D eigenvalue weighted by Crippen LogP contribution is 2.27. The van der Waals surface area contributed by atoms with E-state index >= 15 is 0 Å². The number of benzene rings is 1. The van der Waals surface area contributed by atoms with E-state index in [4.69, 9.17) is 36.1 Å². The Labute approximate surface area is 257 Å². The first kappa shape index (κ1) is 32.0. The molecule has 1 fully saturated rings. The Morgan fingerprint density at radius 3 is 2.67 bits per heavy atom. The molecule has 0 aliphatic carbocycles. The van der Waals surface area contributed by atoms with Crippen LogP contribution < -0.4 is 10.6 Å². The zero-order chi connectivity index (χ0) is 29.6. The molecule has 4 aromatic rings. The monoisotopic (exact) mass is 612 g/mol. The molecular weight excluding hydrogens is 572 g/mol. The normalized spacial score (nSPS) is 13.5. The maximum Gasteiger partial charge on any atom is 0.224 e. The molecule has 5 rings (SSSR count). The van der Waals surface area contributed by atoms with E-state index in [1.807, 2.05) is 48.7 Å². The minimum absolute atomic E-state index is 0.300. The molecule has 0 spiro atoms. The van der Waals surface area contributed by atoms with Crippen molar-refractivity contribution in [2.75, 3.05) is 68.6 Å². The predicted molar refractivity (Wildman–Crippen MR) is 173 cm³/mol. The zero-order valence-corrected chi connectivity index (χ0v) is 26.3. The smallest absolute Gasteiger partial charge is 0.224 e. The Hall–Kier alpha value is -2.96. The molecule has 0 atom stereocenters. The van der Waals surface area contributed by atoms with E-state index in [1.165, 1.54) is 6.42 Å². The van der Waals surface area contributed by atoms with E-state index in [9.17, 15) is 0 Å². The number of anilines is 2. The standard InChI is InChI=1S/C27H33ClN8O2S.C3H8/c1-39-15-14-38-19-36-26-22(18-31-27(33-26)29-8-9-35-10-12-37-13-11-35)25(34-36)23-6-3-7-24(32-23)30-17-20-4-2-5-21(28)16-20;1-3-2/h2-7,16,18H,8-15,17,19H2,1H3,(H,30,32)(H,29,31,33);3H2,1-2H3. The number of halogens is 1. The van der Waals surface area contributed by atoms with Gasteiger partial charge in [0.25, 0.3) is 0 Å². The molecule has 0 amide bonds. The van der Waals surface area contributed by atoms with Crippen LogP contribution in [-0.2, 0) is 22.7 Å². The number of nitrogens with one attached hydrogen (secondary N) is 2. The van der Waals surface area contributed by atoms with Crippen LogP contribution in [0.5, 0.6) is 0 Å². The van der Waals surface area contributed by atoms with E-state index < -0.39 is 0 Å². The average molecular weight is 613 g/mol. The SMILES string of the molecule is CCC.CSCCOCn1nc(-c2cccc(NCc3cccc(Cl)c3)n2)c2cnc(NCCN3CCOCC3)nc21. The van der Waals surface area contributed by atoms with Gasteiger partial charge in [-0.1, -0.05) is 50.1 Å². The molecule has 1 aliphatic rings. The van der Waals surface area contributed by atoms with Gasteiger partial charge in [-0.3, -0.25) is 4.90 Å². The van der Waals surface area contributed by atoms with Crippen LogP contribution in [0.4, 0.5) is 11.8 Å². The van der Waals surface area contributed by atoms with Gasteiger partial charge >= 0.3 is 0 Å². The van der Waals surface area contributed by atoms with Gasteiger partial charge in [-0.25, -0.2) is 14.6 Å². The van der Waals surface area contributed by atoms with E-state index in [-0.39, 0.29) is 0 Å². The van der Waals surface area contributed by atoms with Crippen molar-refractivity contribution in [3.05, 3.63) is 59.2 Å². The molecule has 0 saturated carbocycles. The van der Waals surface area contributed by atoms with Crippen molar-refractivity contribution in [1.29, 1.82) is 0 Å². The number of hydrogen-bond donors (Lipinski definition) is 2. The average Bonchev–Trinajstić information content (AvgIpc) is 3.37. The first-order chi connectivity index (χ1) is 20.6. The van der Waals surface area contributed by atoms with Gasteiger partial charge in [0.2, 0.25) is 5.95 Å². The van der Waals surface area contributed by atoms with Crippen LogP contribution in [0.15, 0.2) is 48.7 Å². The largest absolute Gasteiger partial charge is 0.379 e. The molecule has 1 saturated heterocycles. The maximum atomic E-state index is 6.13. The molecule has 0 unspecified atom stereocenters. The van der Waals surface area contributed by atoms with Crippen molar-refractivity contribution in [1.82, 2.24) is 29.6 Å². The molecule has 226 valence electrons. The number of ether oxygens (including phenoxy) is 2. The van der Waals surface area contributed by atoms with Crippen LogP contribution >= 0.6 is 23.4 Å². The van der Waals surface area contributed by atoms with E-state index in [2.05, 4.69) is 40.6 Å². The van der Waals surface area contributed by atoms with Crippen LogP contribution in [0.3, 0.4) is 0 Å². The third-order valence-corrected chi connectivity index (χ3v) is 7.11. The van der Waals surface area contributed by atoms with Gasteiger partial charge in [0, 0.05) is 49.7 Å². The molecular formula is C30H41ClN8O2S. The summed E-state index contributed by atoms with van der Waals surface area (Å²) in [5.74, 6) is 2.23. The van der Waals surface area contributed by atoms with Crippen LogP contribution in [0.25, 0.3) is 22.4 Å². The molecule has 0 radical (unpaired) electrons. The maximum absolute atomic E-state index is 6.13. The van der Waals surface area contributed by atoms with Crippen LogP contribution in [0.2, 0.25) is 5.02 Å². The lowest BCUT2D eigenvalue weighted by atomic mass is 10.2. The summed E-state index contributed by atoms with van der Waals surface area (Å²) >= 11 is 7.87. The number of fused-ring (bicyclic) bond motifs is 1. The second-order valence-electron chi connectivity index (χ2n) is 9.79. The highest BCUT2D eigenvalue weighted by molar-refractivity contribution is 7.98. The van der Waals surface area contributed by atoms with E-state index in [1.54, 1.807) is 16.4 Å². The minimum Gasteiger partial charge on any atom is -0.379 e. The first-order valence-electron chi connectivity index (χ1n) is 14.4. The summed E-state index contributed by atoms with van der Waals surface area (Å²) in [5, 5.41) is 13.1. The molecule has 0 bridgehead atoms. The summed E-state index contributed by atoms with van der Waals surface area (Å²) in [4.78, 5) is 16.6. The summed E-state index contributed by atoms with van der Waals surface area (Å²) in [5.41, 5.74) is 3.23. The summed E-state index contributed by atoms with van der Waals surface area (Å²) in [7, 11) is 0. The highest BCUT2D eigenvalue weighted by Gasteiger charge is 2.17. The summed E-state index contributed by atoms with van der Waals surface area (Å²) in [6, 6.07) is 13.6. The Kier molecular flexibility index (Phi) is 13.1. The third kappa shape index (κ3) is 9.53. The van der Waals surface area contributed by atoms with Crippen LogP contribution in [0, 0.1) is 0 Å². The Morgan fingerprint density at radius 1 is 1.07 bits per heavy atom. The van der Waals surface area contributed by atoms with Gasteiger partial charge in [0.05, 0.1) is 30.9 Å². The van der Waals surface area contributed by atoms with Crippen molar-refractivity contribution >= 4 is 46.2 Å². The summed E-state index contributed by atoms with van der Waals surface area (Å²) in [6.07, 6.45) is 5.12. The number of aromatic nitrogens is 5. The fourth-order valence-electron chi connectivity index (χ4n) is 4.27. The molecule has 1 aliphatic heterocycles. The number of nitrogens with zero attached hydrogens (tertiary/aromatic N) is 6. The number of hydrogen-bond acceptors (Lipinski definition) is 10. The van der Waals surface area contributed by atoms with E-state index in [0.29, 0.717) is 42.2 Å². The fraction of sp³-hybridized carbons (Fsp3) is 0.467. The van der Waals surface area contributed by atoms with Crippen molar-refractivity contribution < 1.29 is 9.47 Å². The number of pyridine rings is 1. The number of rotatable bonds is 13. The molecule has 3 aromatic heterocycles. The highest BCUT2D eigenvalue weighted by atomic mass is 35.5. The third-order valence-electron chi connectivity index (χ3n) is 6.30. The van der Waals surface area contributed by atoms with Crippen molar-refractivity contribution in [3.8, 4) is 11.4 Å². The molecule has 10 nitrogen and oxygen atoms in total. The molecule has 1 aromatic carbocycles. The second kappa shape index (κ2) is 17.2. The van der Waals surface area contributed by atoms with Gasteiger partial charge in [0.1, 0.15) is 18.2 Å². The number of morpholine rings is 1. The lowest BCUT2D eigenvalue weighted by molar-refractivity contribution is 0.0398. The Morgan fingerprint density at radius 2 is 1.88 bits per heavy atom. The van der Waals surface area contributed by atoms with E-state index in [0.717, 1.165) is 67.6 Å². The van der Waals surface area contributed by atoms with Gasteiger partial charge in [-0.15, -0.1) is 0 Å². The summed E-state index contributed by atoms with van der Waals surface area (Å²) in [6.45, 7) is 10.9. The Bertz CT molecular complexity index is 1380. The predicted octanol–water partition coefficient (Wildman–Crippen LogP) is 5.65. The lowest BCUT2D eigenvalue weighted by Gasteiger charge is -2.26. The molecule has 2 N–H and O–H groups in total. The van der Waals surface area contributed by atoms with Crippen molar-refractivity contribution in [2.24, 2.45) is 0 Å². The quantitative estimate of drug-likeness (QED) is 0.184. The van der Waals surface area contributed by atoms with Gasteiger partial charge in [-0.2, -0.15) is 21.8 Å². The Balaban J connectivity index is 0.00000129. The first-order valence-corrected chi connectivity index (χ1v) is 16.2. The molecule has 4 heterocycles. The van der Waals surface area contributed by atoms with Crippen LogP contribution in [-0.4, -0.2) is 87.6 Å². The van der Waals surface area contributed by atoms with Crippen molar-refractivity contribution in [3.63, 3.8) is 0 Å². The van der Waals surface area contributed by atoms with Crippen molar-refractivity contribution in [2.45, 2.75) is 33.5 Å². The topological polar surface area (TPSA) is 102 Å². The van der Waals surface area contributed by atoms with Gasteiger partial charge in [-0.05, 0) is 36.1 Å². The van der Waals surface area contributed by atoms with Gasteiger partial charge in [0.15, 0.2) is 5.65 Å². The minimum atomic E-state index is 0.300. The molecule has 42 heavy (non-hydrogen) atoms. The van der Waals surface area contributed by atoms with Crippen LogP contribution in [0.1, 0.15) is 25.8 Å². The number of thioether (sulfide) groups is 1. The fourth-order valence-corrected chi connectivity index (χ4v) is 4.77. The lowest BCUT2D eigenvalue weighted by Crippen LogP contribution is -2.39. The van der Waals surface area contributed by atoms with Gasteiger partial charge < -0.3 is 20.1 Å². The zero-order valence-electron chi connectivity index (χ0n) is 24.7. The summed E-state index contributed by atoms with van der Waals surface area (Å²) < 4.78 is 13.1. The molecule has 12 heteroatoms. The second-order valence-corrected chi connectivity index (χ2v) is 11.2.